The fourth-order valence-electron chi connectivity index (χ4n) is 1.53. The molecule has 0 spiro atoms. The molecule has 1 atom stereocenters. The minimum Gasteiger partial charge on any atom is -0.469 e. The van der Waals surface area contributed by atoms with E-state index in [4.69, 9.17) is 9.47 Å². The van der Waals surface area contributed by atoms with Crippen LogP contribution in [0.1, 0.15) is 33.1 Å². The van der Waals surface area contributed by atoms with Gasteiger partial charge in [-0.25, -0.2) is 0 Å². The van der Waals surface area contributed by atoms with Gasteiger partial charge < -0.3 is 14.8 Å². The van der Waals surface area contributed by atoms with E-state index in [9.17, 15) is 4.79 Å². The molecule has 4 heteroatoms. The average Bonchev–Trinajstić information content (AvgIpc) is 2.26. The monoisotopic (exact) mass is 217 g/mol. The van der Waals surface area contributed by atoms with E-state index < -0.39 is 0 Å². The van der Waals surface area contributed by atoms with Crippen molar-refractivity contribution in [2.24, 2.45) is 0 Å². The van der Waals surface area contributed by atoms with Gasteiger partial charge in [0.05, 0.1) is 25.7 Å². The van der Waals surface area contributed by atoms with Crippen LogP contribution in [-0.2, 0) is 14.3 Å². The predicted octanol–water partition coefficient (Wildman–Crippen LogP) is 1.34. The molecule has 1 N–H and O–H groups in total. The van der Waals surface area contributed by atoms with Crippen LogP contribution in [0.2, 0.25) is 0 Å². The van der Waals surface area contributed by atoms with Crippen molar-refractivity contribution in [2.45, 2.75) is 38.6 Å². The minimum atomic E-state index is -0.280. The number of nitrogens with one attached hydrogen (secondary N) is 1. The third kappa shape index (κ3) is 5.14. The number of esters is 1. The van der Waals surface area contributed by atoms with E-state index in [0.29, 0.717) is 13.0 Å². The quantitative estimate of drug-likeness (QED) is 0.623. The highest BCUT2D eigenvalue weighted by Crippen LogP contribution is 2.16. The summed E-state index contributed by atoms with van der Waals surface area (Å²) < 4.78 is 9.87. The van der Waals surface area contributed by atoms with E-state index >= 15 is 0 Å². The highest BCUT2D eigenvalue weighted by atomic mass is 16.5. The Morgan fingerprint density at radius 3 is 2.40 bits per heavy atom. The fraction of sp³-hybridized carbons (Fsp3) is 0.909. The van der Waals surface area contributed by atoms with E-state index in [1.165, 1.54) is 7.11 Å². The number of hydrogen-bond acceptors (Lipinski definition) is 4. The maximum atomic E-state index is 11.3. The van der Waals surface area contributed by atoms with E-state index in [1.807, 2.05) is 6.92 Å². The summed E-state index contributed by atoms with van der Waals surface area (Å²) in [4.78, 5) is 11.3. The SMILES string of the molecule is CCCNC(CC)(COC)CC(=O)OC. The molecule has 0 bridgehead atoms. The van der Waals surface area contributed by atoms with E-state index in [1.54, 1.807) is 7.11 Å². The van der Waals surface area contributed by atoms with Gasteiger partial charge in [0.25, 0.3) is 0 Å². The van der Waals surface area contributed by atoms with E-state index in [-0.39, 0.29) is 11.5 Å². The Kier molecular flexibility index (Phi) is 7.34. The first-order valence-electron chi connectivity index (χ1n) is 5.45. The highest BCUT2D eigenvalue weighted by molar-refractivity contribution is 5.70. The topological polar surface area (TPSA) is 47.6 Å². The van der Waals surface area contributed by atoms with Gasteiger partial charge in [-0.15, -0.1) is 0 Å². The standard InChI is InChI=1S/C11H23NO3/c1-5-7-12-11(6-2,9-14-3)8-10(13)15-4/h12H,5-9H2,1-4H3. The first-order chi connectivity index (χ1) is 7.14. The van der Waals surface area contributed by atoms with Gasteiger partial charge >= 0.3 is 5.97 Å². The molecule has 0 amide bonds. The van der Waals surface area contributed by atoms with Gasteiger partial charge in [-0.1, -0.05) is 13.8 Å². The van der Waals surface area contributed by atoms with Gasteiger partial charge in [0, 0.05) is 7.11 Å². The summed E-state index contributed by atoms with van der Waals surface area (Å²) in [6, 6.07) is 0. The Balaban J connectivity index is 4.41. The molecule has 0 aromatic carbocycles. The largest absolute Gasteiger partial charge is 0.469 e. The van der Waals surface area contributed by atoms with Gasteiger partial charge in [-0.3, -0.25) is 4.79 Å². The van der Waals surface area contributed by atoms with Crippen LogP contribution in [0.4, 0.5) is 0 Å². The van der Waals surface area contributed by atoms with Crippen molar-refractivity contribution in [1.82, 2.24) is 5.32 Å². The Hall–Kier alpha value is -0.610. The predicted molar refractivity (Wildman–Crippen MR) is 59.8 cm³/mol. The van der Waals surface area contributed by atoms with Crippen molar-refractivity contribution in [3.63, 3.8) is 0 Å². The van der Waals surface area contributed by atoms with Crippen molar-refractivity contribution in [3.05, 3.63) is 0 Å². The number of carbonyl (C=O) groups is 1. The van der Waals surface area contributed by atoms with Gasteiger partial charge in [0.2, 0.25) is 0 Å². The molecule has 15 heavy (non-hydrogen) atoms. The summed E-state index contributed by atoms with van der Waals surface area (Å²) in [5.41, 5.74) is -0.280. The van der Waals surface area contributed by atoms with Crippen LogP contribution in [0.3, 0.4) is 0 Å². The Labute approximate surface area is 92.3 Å². The molecule has 0 saturated heterocycles. The molecule has 0 aliphatic rings. The maximum Gasteiger partial charge on any atom is 0.307 e. The second-order valence-electron chi connectivity index (χ2n) is 3.75. The van der Waals surface area contributed by atoms with Gasteiger partial charge in [0.15, 0.2) is 0 Å². The number of ether oxygens (including phenoxy) is 2. The van der Waals surface area contributed by atoms with Crippen molar-refractivity contribution in [3.8, 4) is 0 Å². The summed E-state index contributed by atoms with van der Waals surface area (Å²) in [5, 5.41) is 3.37. The average molecular weight is 217 g/mol. The Morgan fingerprint density at radius 2 is 2.00 bits per heavy atom. The third-order valence-corrected chi connectivity index (χ3v) is 2.56. The zero-order chi connectivity index (χ0) is 11.7. The van der Waals surface area contributed by atoms with Gasteiger partial charge in [-0.05, 0) is 19.4 Å². The zero-order valence-electron chi connectivity index (χ0n) is 10.3. The lowest BCUT2D eigenvalue weighted by Crippen LogP contribution is -2.50. The molecule has 0 heterocycles. The second-order valence-corrected chi connectivity index (χ2v) is 3.75. The maximum absolute atomic E-state index is 11.3. The Bertz CT molecular complexity index is 185. The number of hydrogen-bond donors (Lipinski definition) is 1. The lowest BCUT2D eigenvalue weighted by atomic mass is 9.92. The normalized spacial score (nSPS) is 14.7. The molecule has 0 aromatic heterocycles. The molecule has 4 nitrogen and oxygen atoms in total. The number of carbonyl (C=O) groups excluding carboxylic acids is 1. The van der Waals surface area contributed by atoms with E-state index in [0.717, 1.165) is 19.4 Å². The molecule has 0 fully saturated rings. The first-order valence-corrected chi connectivity index (χ1v) is 5.45. The molecule has 0 rings (SSSR count). The molecule has 1 unspecified atom stereocenters. The molecule has 0 aliphatic carbocycles. The Morgan fingerprint density at radius 1 is 1.33 bits per heavy atom. The molecule has 90 valence electrons. The van der Waals surface area contributed by atoms with Crippen LogP contribution in [0.25, 0.3) is 0 Å². The zero-order valence-corrected chi connectivity index (χ0v) is 10.3. The first kappa shape index (κ1) is 14.4. The molecular formula is C11H23NO3. The summed E-state index contributed by atoms with van der Waals surface area (Å²) in [7, 11) is 3.06. The van der Waals surface area contributed by atoms with Crippen LogP contribution in [0, 0.1) is 0 Å². The minimum absolute atomic E-state index is 0.197. The summed E-state index contributed by atoms with van der Waals surface area (Å²) in [6.07, 6.45) is 2.23. The lowest BCUT2D eigenvalue weighted by molar-refractivity contribution is -0.143. The van der Waals surface area contributed by atoms with Crippen molar-refractivity contribution in [2.75, 3.05) is 27.4 Å². The van der Waals surface area contributed by atoms with Gasteiger partial charge in [-0.2, -0.15) is 0 Å². The molecule has 0 aromatic rings. The van der Waals surface area contributed by atoms with Crippen LogP contribution in [-0.4, -0.2) is 38.9 Å². The third-order valence-electron chi connectivity index (χ3n) is 2.56. The van der Waals surface area contributed by atoms with Gasteiger partial charge in [0.1, 0.15) is 0 Å². The molecule has 0 radical (unpaired) electrons. The second kappa shape index (κ2) is 7.65. The van der Waals surface area contributed by atoms with E-state index in [2.05, 4.69) is 12.2 Å². The fourth-order valence-corrected chi connectivity index (χ4v) is 1.53. The van der Waals surface area contributed by atoms with Crippen molar-refractivity contribution < 1.29 is 14.3 Å². The smallest absolute Gasteiger partial charge is 0.307 e. The molecule has 0 saturated carbocycles. The van der Waals surface area contributed by atoms with Crippen LogP contribution in [0.15, 0.2) is 0 Å². The number of rotatable bonds is 8. The molecule has 0 aliphatic heterocycles. The van der Waals surface area contributed by atoms with Crippen LogP contribution in [0.5, 0.6) is 0 Å². The molecular weight excluding hydrogens is 194 g/mol. The summed E-state index contributed by atoms with van der Waals surface area (Å²) in [6.45, 7) is 5.55. The van der Waals surface area contributed by atoms with Crippen LogP contribution >= 0.6 is 0 Å². The van der Waals surface area contributed by atoms with Crippen molar-refractivity contribution in [1.29, 1.82) is 0 Å². The summed E-state index contributed by atoms with van der Waals surface area (Å²) in [5.74, 6) is -0.197. The lowest BCUT2D eigenvalue weighted by Gasteiger charge is -2.32. The number of methoxy groups -OCH3 is 2. The summed E-state index contributed by atoms with van der Waals surface area (Å²) >= 11 is 0. The van der Waals surface area contributed by atoms with Crippen molar-refractivity contribution >= 4 is 5.97 Å². The van der Waals surface area contributed by atoms with Crippen LogP contribution < -0.4 is 5.32 Å². The highest BCUT2D eigenvalue weighted by Gasteiger charge is 2.30.